The lowest BCUT2D eigenvalue weighted by atomic mass is 10.0. The van der Waals surface area contributed by atoms with Gasteiger partial charge in [0.25, 0.3) is 0 Å². The van der Waals surface area contributed by atoms with Crippen LogP contribution in [-0.4, -0.2) is 20.2 Å². The molecule has 3 rings (SSSR count). The largest absolute Gasteiger partial charge is 0.307 e. The third-order valence-electron chi connectivity index (χ3n) is 3.37. The van der Waals surface area contributed by atoms with Gasteiger partial charge in [-0.1, -0.05) is 23.7 Å². The van der Waals surface area contributed by atoms with E-state index in [1.165, 1.54) is 12.8 Å². The summed E-state index contributed by atoms with van der Waals surface area (Å²) in [5.74, 6) is 0.189. The van der Waals surface area contributed by atoms with Gasteiger partial charge in [-0.05, 0) is 30.9 Å². The fourth-order valence-electron chi connectivity index (χ4n) is 2.37. The van der Waals surface area contributed by atoms with Gasteiger partial charge in [-0.15, -0.1) is 0 Å². The molecule has 1 saturated carbocycles. The molecule has 1 unspecified atom stereocenters. The molecule has 1 aromatic carbocycles. The number of hydrogen-bond donors (Lipinski definition) is 1. The van der Waals surface area contributed by atoms with Crippen LogP contribution < -0.4 is 5.32 Å². The van der Waals surface area contributed by atoms with Gasteiger partial charge < -0.3 is 5.32 Å². The maximum Gasteiger partial charge on any atom is 0.180 e. The van der Waals surface area contributed by atoms with Crippen LogP contribution in [0.1, 0.15) is 30.9 Å². The van der Waals surface area contributed by atoms with E-state index in [0.717, 1.165) is 5.56 Å². The van der Waals surface area contributed by atoms with E-state index in [2.05, 4.69) is 5.32 Å². The van der Waals surface area contributed by atoms with Gasteiger partial charge in [-0.2, -0.15) is 0 Å². The van der Waals surface area contributed by atoms with E-state index in [1.54, 1.807) is 6.07 Å². The Labute approximate surface area is 106 Å². The Kier molecular flexibility index (Phi) is 2.69. The van der Waals surface area contributed by atoms with Gasteiger partial charge in [-0.25, -0.2) is 8.42 Å². The summed E-state index contributed by atoms with van der Waals surface area (Å²) in [7, 11) is -3.19. The standard InChI is InChI=1S/C12H14ClNO2S/c13-10-3-1-2-9-11(14-8-4-5-8)6-7-17(15,16)12(9)10/h1-3,8,11,14H,4-7H2. The lowest BCUT2D eigenvalue weighted by molar-refractivity contribution is 0.489. The molecule has 1 atom stereocenters. The fourth-order valence-corrected chi connectivity index (χ4v) is 4.59. The molecule has 5 heteroatoms. The van der Waals surface area contributed by atoms with E-state index in [1.807, 2.05) is 12.1 Å². The van der Waals surface area contributed by atoms with Gasteiger partial charge in [0.15, 0.2) is 9.84 Å². The first-order valence-electron chi connectivity index (χ1n) is 5.85. The molecule has 0 saturated heterocycles. The summed E-state index contributed by atoms with van der Waals surface area (Å²) in [5.41, 5.74) is 0.843. The number of rotatable bonds is 2. The summed E-state index contributed by atoms with van der Waals surface area (Å²) < 4.78 is 24.1. The highest BCUT2D eigenvalue weighted by atomic mass is 35.5. The number of benzene rings is 1. The quantitative estimate of drug-likeness (QED) is 0.898. The highest BCUT2D eigenvalue weighted by molar-refractivity contribution is 7.91. The Balaban J connectivity index is 2.07. The maximum absolute atomic E-state index is 12.0. The molecule has 0 aromatic heterocycles. The summed E-state index contributed by atoms with van der Waals surface area (Å²) >= 11 is 6.04. The van der Waals surface area contributed by atoms with Gasteiger partial charge in [0.2, 0.25) is 0 Å². The minimum Gasteiger partial charge on any atom is -0.307 e. The van der Waals surface area contributed by atoms with Crippen LogP contribution in [-0.2, 0) is 9.84 Å². The first-order chi connectivity index (χ1) is 8.08. The van der Waals surface area contributed by atoms with Crippen molar-refractivity contribution in [1.29, 1.82) is 0 Å². The molecular formula is C12H14ClNO2S. The van der Waals surface area contributed by atoms with Crippen molar-refractivity contribution >= 4 is 21.4 Å². The van der Waals surface area contributed by atoms with Crippen LogP contribution in [0.25, 0.3) is 0 Å². The number of hydrogen-bond acceptors (Lipinski definition) is 3. The molecule has 17 heavy (non-hydrogen) atoms. The molecule has 0 amide bonds. The third-order valence-corrected chi connectivity index (χ3v) is 5.65. The lowest BCUT2D eigenvalue weighted by Gasteiger charge is -2.27. The first-order valence-corrected chi connectivity index (χ1v) is 7.88. The topological polar surface area (TPSA) is 46.2 Å². The van der Waals surface area contributed by atoms with E-state index in [4.69, 9.17) is 11.6 Å². The zero-order valence-corrected chi connectivity index (χ0v) is 10.9. The molecule has 0 spiro atoms. The van der Waals surface area contributed by atoms with Crippen LogP contribution in [0.2, 0.25) is 5.02 Å². The molecule has 2 aliphatic rings. The number of nitrogens with one attached hydrogen (secondary N) is 1. The summed E-state index contributed by atoms with van der Waals surface area (Å²) in [4.78, 5) is 0.339. The van der Waals surface area contributed by atoms with Crippen molar-refractivity contribution in [2.45, 2.75) is 36.2 Å². The molecule has 92 valence electrons. The Hall–Kier alpha value is -0.580. The molecule has 1 heterocycles. The van der Waals surface area contributed by atoms with Crippen LogP contribution >= 0.6 is 11.6 Å². The van der Waals surface area contributed by atoms with Gasteiger partial charge in [0.05, 0.1) is 15.7 Å². The fraction of sp³-hybridized carbons (Fsp3) is 0.500. The average molecular weight is 272 g/mol. The van der Waals surface area contributed by atoms with Crippen LogP contribution in [0.4, 0.5) is 0 Å². The summed E-state index contributed by atoms with van der Waals surface area (Å²) in [5, 5.41) is 3.84. The minimum atomic E-state index is -3.19. The van der Waals surface area contributed by atoms with E-state index >= 15 is 0 Å². The van der Waals surface area contributed by atoms with Gasteiger partial charge in [0, 0.05) is 12.1 Å². The molecule has 0 bridgehead atoms. The Morgan fingerprint density at radius 3 is 2.71 bits per heavy atom. The normalized spacial score (nSPS) is 26.5. The van der Waals surface area contributed by atoms with Crippen molar-refractivity contribution in [3.63, 3.8) is 0 Å². The van der Waals surface area contributed by atoms with Crippen LogP contribution in [0, 0.1) is 0 Å². The molecule has 1 N–H and O–H groups in total. The maximum atomic E-state index is 12.0. The molecular weight excluding hydrogens is 258 g/mol. The van der Waals surface area contributed by atoms with Gasteiger partial charge in [-0.3, -0.25) is 0 Å². The summed E-state index contributed by atoms with van der Waals surface area (Å²) in [6.07, 6.45) is 3.03. The predicted molar refractivity (Wildman–Crippen MR) is 67.0 cm³/mol. The smallest absolute Gasteiger partial charge is 0.180 e. The van der Waals surface area contributed by atoms with E-state index in [0.29, 0.717) is 22.4 Å². The highest BCUT2D eigenvalue weighted by Crippen LogP contribution is 2.38. The number of fused-ring (bicyclic) bond motifs is 1. The Morgan fingerprint density at radius 2 is 2.00 bits per heavy atom. The second-order valence-corrected chi connectivity index (χ2v) is 7.21. The highest BCUT2D eigenvalue weighted by Gasteiger charge is 2.34. The monoisotopic (exact) mass is 271 g/mol. The molecule has 1 aliphatic carbocycles. The Morgan fingerprint density at radius 1 is 1.24 bits per heavy atom. The van der Waals surface area contributed by atoms with Crippen molar-refractivity contribution in [1.82, 2.24) is 5.32 Å². The van der Waals surface area contributed by atoms with Crippen molar-refractivity contribution in [2.75, 3.05) is 5.75 Å². The van der Waals surface area contributed by atoms with E-state index in [-0.39, 0.29) is 11.8 Å². The molecule has 1 fully saturated rings. The molecule has 3 nitrogen and oxygen atoms in total. The van der Waals surface area contributed by atoms with Crippen LogP contribution in [0.5, 0.6) is 0 Å². The summed E-state index contributed by atoms with van der Waals surface area (Å²) in [6, 6.07) is 6.05. The molecule has 1 aromatic rings. The van der Waals surface area contributed by atoms with Crippen molar-refractivity contribution in [3.05, 3.63) is 28.8 Å². The SMILES string of the molecule is O=S1(=O)CCC(NC2CC2)c2cccc(Cl)c21. The van der Waals surface area contributed by atoms with E-state index in [9.17, 15) is 8.42 Å². The zero-order chi connectivity index (χ0) is 12.0. The van der Waals surface area contributed by atoms with E-state index < -0.39 is 9.84 Å². The first kappa shape index (κ1) is 11.5. The lowest BCUT2D eigenvalue weighted by Crippen LogP contribution is -2.31. The van der Waals surface area contributed by atoms with Crippen LogP contribution in [0.15, 0.2) is 23.1 Å². The average Bonchev–Trinajstić information content (AvgIpc) is 3.06. The Bertz CT molecular complexity index is 552. The predicted octanol–water partition coefficient (Wildman–Crippen LogP) is 2.31. The van der Waals surface area contributed by atoms with Crippen molar-refractivity contribution < 1.29 is 8.42 Å². The third kappa shape index (κ3) is 2.09. The van der Waals surface area contributed by atoms with Gasteiger partial charge in [0.1, 0.15) is 0 Å². The molecule has 1 aliphatic heterocycles. The van der Waals surface area contributed by atoms with Crippen molar-refractivity contribution in [2.24, 2.45) is 0 Å². The zero-order valence-electron chi connectivity index (χ0n) is 9.32. The van der Waals surface area contributed by atoms with Crippen LogP contribution in [0.3, 0.4) is 0 Å². The molecule has 0 radical (unpaired) electrons. The summed E-state index contributed by atoms with van der Waals surface area (Å²) in [6.45, 7) is 0. The van der Waals surface area contributed by atoms with Crippen molar-refractivity contribution in [3.8, 4) is 0 Å². The second kappa shape index (κ2) is 3.97. The number of sulfone groups is 1. The second-order valence-electron chi connectivity index (χ2n) is 4.76. The minimum absolute atomic E-state index is 0.139. The van der Waals surface area contributed by atoms with Gasteiger partial charge >= 0.3 is 0 Å². The number of halogens is 1.